The first-order valence-electron chi connectivity index (χ1n) is 6.82. The van der Waals surface area contributed by atoms with E-state index in [2.05, 4.69) is 20.8 Å². The zero-order valence-corrected chi connectivity index (χ0v) is 13.0. The summed E-state index contributed by atoms with van der Waals surface area (Å²) in [6.45, 7) is 11.6. The van der Waals surface area contributed by atoms with Crippen LogP contribution in [0.15, 0.2) is 12.1 Å². The van der Waals surface area contributed by atoms with E-state index in [9.17, 15) is 9.90 Å². The fraction of sp³-hybridized carbons (Fsp3) is 0.471. The van der Waals surface area contributed by atoms with Crippen LogP contribution >= 0.6 is 0 Å². The Kier molecular flexibility index (Phi) is 3.20. The summed E-state index contributed by atoms with van der Waals surface area (Å²) in [5, 5.41) is 10.3. The third kappa shape index (κ3) is 2.45. The number of phenols is 1. The Morgan fingerprint density at radius 3 is 2.40 bits per heavy atom. The lowest BCUT2D eigenvalue weighted by Gasteiger charge is -2.33. The molecule has 0 aliphatic carbocycles. The van der Waals surface area contributed by atoms with Crippen molar-refractivity contribution in [3.05, 3.63) is 28.8 Å². The van der Waals surface area contributed by atoms with Crippen LogP contribution in [-0.4, -0.2) is 16.5 Å². The molecule has 3 heteroatoms. The van der Waals surface area contributed by atoms with Gasteiger partial charge in [0.2, 0.25) is 0 Å². The lowest BCUT2D eigenvalue weighted by molar-refractivity contribution is 0.101. The van der Waals surface area contributed by atoms with Crippen molar-refractivity contribution in [1.82, 2.24) is 0 Å². The minimum atomic E-state index is -0.419. The third-order valence-corrected chi connectivity index (χ3v) is 3.49. The van der Waals surface area contributed by atoms with E-state index in [0.29, 0.717) is 16.9 Å². The fourth-order valence-electron chi connectivity index (χ4n) is 2.35. The van der Waals surface area contributed by atoms with E-state index in [1.807, 2.05) is 26.0 Å². The van der Waals surface area contributed by atoms with Gasteiger partial charge in [-0.1, -0.05) is 20.8 Å². The summed E-state index contributed by atoms with van der Waals surface area (Å²) in [4.78, 5) is 11.7. The molecule has 0 fully saturated rings. The van der Waals surface area contributed by atoms with Crippen molar-refractivity contribution in [2.24, 2.45) is 0 Å². The van der Waals surface area contributed by atoms with Crippen LogP contribution in [-0.2, 0) is 5.41 Å². The number of Topliss-reactive ketones (excluding diaryl/α,β-unsaturated/α-hetero) is 1. The molecule has 1 aliphatic rings. The van der Waals surface area contributed by atoms with Gasteiger partial charge in [-0.3, -0.25) is 4.79 Å². The highest BCUT2D eigenvalue weighted by atomic mass is 16.5. The van der Waals surface area contributed by atoms with Crippen LogP contribution in [0.1, 0.15) is 63.0 Å². The summed E-state index contributed by atoms with van der Waals surface area (Å²) in [7, 11) is 0. The van der Waals surface area contributed by atoms with Gasteiger partial charge in [-0.05, 0) is 44.4 Å². The molecular formula is C17H22O3. The monoisotopic (exact) mass is 274 g/mol. The number of carbonyl (C=O) groups excluding carboxylic acids is 1. The minimum Gasteiger partial charge on any atom is -0.506 e. The van der Waals surface area contributed by atoms with Crippen molar-refractivity contribution in [2.75, 3.05) is 0 Å². The van der Waals surface area contributed by atoms with E-state index in [1.54, 1.807) is 6.07 Å². The Balaban J connectivity index is 2.80. The number of aromatic hydroxyl groups is 1. The van der Waals surface area contributed by atoms with Gasteiger partial charge in [0.05, 0.1) is 11.1 Å². The topological polar surface area (TPSA) is 46.5 Å². The Morgan fingerprint density at radius 2 is 1.90 bits per heavy atom. The number of hydrogen-bond donors (Lipinski definition) is 1. The highest BCUT2D eigenvalue weighted by Gasteiger charge is 2.31. The van der Waals surface area contributed by atoms with Crippen LogP contribution in [0, 0.1) is 0 Å². The average Bonchev–Trinajstić information content (AvgIpc) is 2.25. The number of fused-ring (bicyclic) bond motifs is 1. The van der Waals surface area contributed by atoms with E-state index in [1.165, 1.54) is 6.92 Å². The van der Waals surface area contributed by atoms with Crippen molar-refractivity contribution >= 4 is 11.9 Å². The molecule has 1 N–H and O–H groups in total. The van der Waals surface area contributed by atoms with E-state index in [-0.39, 0.29) is 16.9 Å². The largest absolute Gasteiger partial charge is 0.506 e. The standard InChI is InChI=1S/C17H22O3/c1-10(18)12-9-13(16(2,3)4)15-11(14(12)19)7-8-17(5,6)20-15/h7-9,19H,1-6H3. The molecule has 0 amide bonds. The maximum Gasteiger partial charge on any atom is 0.163 e. The maximum absolute atomic E-state index is 11.7. The zero-order valence-electron chi connectivity index (χ0n) is 13.0. The Hall–Kier alpha value is -1.77. The van der Waals surface area contributed by atoms with Crippen LogP contribution in [0.2, 0.25) is 0 Å². The summed E-state index contributed by atoms with van der Waals surface area (Å²) < 4.78 is 6.03. The van der Waals surface area contributed by atoms with E-state index in [0.717, 1.165) is 5.56 Å². The highest BCUT2D eigenvalue weighted by molar-refractivity contribution is 5.99. The molecule has 20 heavy (non-hydrogen) atoms. The first kappa shape index (κ1) is 14.6. The third-order valence-electron chi connectivity index (χ3n) is 3.49. The second-order valence-corrected chi connectivity index (χ2v) is 6.91. The molecule has 0 spiro atoms. The number of phenolic OH excluding ortho intramolecular Hbond substituents is 1. The van der Waals surface area contributed by atoms with E-state index in [4.69, 9.17) is 4.74 Å². The molecule has 0 saturated carbocycles. The van der Waals surface area contributed by atoms with Gasteiger partial charge in [0.25, 0.3) is 0 Å². The first-order chi connectivity index (χ1) is 9.03. The van der Waals surface area contributed by atoms with Crippen LogP contribution in [0.5, 0.6) is 11.5 Å². The van der Waals surface area contributed by atoms with Crippen molar-refractivity contribution in [2.45, 2.75) is 52.6 Å². The molecule has 1 aliphatic heterocycles. The molecule has 0 radical (unpaired) electrons. The van der Waals surface area contributed by atoms with Gasteiger partial charge < -0.3 is 9.84 Å². The minimum absolute atomic E-state index is 0.00671. The van der Waals surface area contributed by atoms with Crippen molar-refractivity contribution in [1.29, 1.82) is 0 Å². The number of hydrogen-bond acceptors (Lipinski definition) is 3. The Morgan fingerprint density at radius 1 is 1.30 bits per heavy atom. The van der Waals surface area contributed by atoms with Crippen molar-refractivity contribution in [3.8, 4) is 11.5 Å². The first-order valence-corrected chi connectivity index (χ1v) is 6.82. The van der Waals surface area contributed by atoms with E-state index >= 15 is 0 Å². The Labute approximate surface area is 120 Å². The van der Waals surface area contributed by atoms with Crippen LogP contribution in [0.3, 0.4) is 0 Å². The zero-order chi connectivity index (χ0) is 15.3. The molecule has 0 aromatic heterocycles. The van der Waals surface area contributed by atoms with Gasteiger partial charge in [-0.2, -0.15) is 0 Å². The van der Waals surface area contributed by atoms with Crippen LogP contribution in [0.4, 0.5) is 0 Å². The predicted octanol–water partition coefficient (Wildman–Crippen LogP) is 4.08. The average molecular weight is 274 g/mol. The molecule has 108 valence electrons. The van der Waals surface area contributed by atoms with Crippen LogP contribution in [0.25, 0.3) is 6.08 Å². The van der Waals surface area contributed by atoms with Gasteiger partial charge in [0.15, 0.2) is 5.78 Å². The number of carbonyl (C=O) groups is 1. The van der Waals surface area contributed by atoms with Gasteiger partial charge in [0, 0.05) is 5.56 Å². The smallest absolute Gasteiger partial charge is 0.163 e. The molecule has 3 nitrogen and oxygen atoms in total. The predicted molar refractivity (Wildman–Crippen MR) is 80.6 cm³/mol. The van der Waals surface area contributed by atoms with Gasteiger partial charge in [0.1, 0.15) is 17.1 Å². The number of benzene rings is 1. The summed E-state index contributed by atoms with van der Waals surface area (Å²) >= 11 is 0. The number of rotatable bonds is 1. The Bertz CT molecular complexity index is 602. The molecule has 0 atom stereocenters. The summed E-state index contributed by atoms with van der Waals surface area (Å²) in [5.74, 6) is 0.536. The van der Waals surface area contributed by atoms with Gasteiger partial charge in [-0.25, -0.2) is 0 Å². The molecule has 2 rings (SSSR count). The van der Waals surface area contributed by atoms with Crippen molar-refractivity contribution in [3.63, 3.8) is 0 Å². The lowest BCUT2D eigenvalue weighted by Crippen LogP contribution is -2.30. The second kappa shape index (κ2) is 4.37. The second-order valence-electron chi connectivity index (χ2n) is 6.91. The number of ketones is 1. The fourth-order valence-corrected chi connectivity index (χ4v) is 2.35. The van der Waals surface area contributed by atoms with Gasteiger partial charge >= 0.3 is 0 Å². The molecule has 1 aromatic rings. The van der Waals surface area contributed by atoms with Crippen molar-refractivity contribution < 1.29 is 14.6 Å². The van der Waals surface area contributed by atoms with Gasteiger partial charge in [-0.15, -0.1) is 0 Å². The summed E-state index contributed by atoms with van der Waals surface area (Å²) in [6.07, 6.45) is 3.74. The molecule has 0 unspecified atom stereocenters. The molecule has 0 saturated heterocycles. The van der Waals surface area contributed by atoms with E-state index < -0.39 is 5.60 Å². The molecular weight excluding hydrogens is 252 g/mol. The maximum atomic E-state index is 11.7. The SMILES string of the molecule is CC(=O)c1cc(C(C)(C)C)c2c(c1O)C=CC(C)(C)O2. The molecule has 1 aromatic carbocycles. The normalized spacial score (nSPS) is 16.5. The molecule has 1 heterocycles. The summed E-state index contributed by atoms with van der Waals surface area (Å²) in [6, 6.07) is 1.76. The number of ether oxygens (including phenoxy) is 1. The highest BCUT2D eigenvalue weighted by Crippen LogP contribution is 2.45. The molecule has 0 bridgehead atoms. The van der Waals surface area contributed by atoms with Crippen LogP contribution < -0.4 is 4.74 Å². The lowest BCUT2D eigenvalue weighted by atomic mass is 9.82. The summed E-state index contributed by atoms with van der Waals surface area (Å²) in [5.41, 5.74) is 1.29. The quantitative estimate of drug-likeness (QED) is 0.785.